The quantitative estimate of drug-likeness (QED) is 0.720. The van der Waals surface area contributed by atoms with Crippen molar-refractivity contribution in [3.63, 3.8) is 0 Å². The van der Waals surface area contributed by atoms with Crippen LogP contribution in [0, 0.1) is 9.49 Å². The first-order chi connectivity index (χ1) is 8.86. The van der Waals surface area contributed by atoms with Crippen molar-refractivity contribution in [3.05, 3.63) is 32.3 Å². The van der Waals surface area contributed by atoms with Gasteiger partial charge in [0.05, 0.1) is 6.26 Å². The standard InChI is InChI=1S/C12H17IN2O3S/c1-19(17,18)15-6-2-3-10(8-15)7-14-9-11(13)4-5-12(14)16/h4-5,9-10H,2-3,6-8H2,1H3. The average molecular weight is 396 g/mol. The molecule has 0 spiro atoms. The molecule has 5 nitrogen and oxygen atoms in total. The van der Waals surface area contributed by atoms with E-state index in [0.29, 0.717) is 19.6 Å². The zero-order chi connectivity index (χ0) is 14.0. The van der Waals surface area contributed by atoms with Crippen LogP contribution in [0.1, 0.15) is 12.8 Å². The van der Waals surface area contributed by atoms with E-state index >= 15 is 0 Å². The number of pyridine rings is 1. The van der Waals surface area contributed by atoms with Crippen molar-refractivity contribution >= 4 is 32.6 Å². The van der Waals surface area contributed by atoms with Crippen molar-refractivity contribution in [3.8, 4) is 0 Å². The summed E-state index contributed by atoms with van der Waals surface area (Å²) in [6.07, 6.45) is 4.88. The maximum atomic E-state index is 11.8. The monoisotopic (exact) mass is 396 g/mol. The Labute approximate surface area is 126 Å². The van der Waals surface area contributed by atoms with Crippen molar-refractivity contribution in [2.24, 2.45) is 5.92 Å². The molecule has 2 rings (SSSR count). The summed E-state index contributed by atoms with van der Waals surface area (Å²) in [4.78, 5) is 11.8. The molecular formula is C12H17IN2O3S. The number of hydrogen-bond donors (Lipinski definition) is 0. The van der Waals surface area contributed by atoms with Gasteiger partial charge in [-0.2, -0.15) is 0 Å². The number of hydrogen-bond acceptors (Lipinski definition) is 3. The van der Waals surface area contributed by atoms with Gasteiger partial charge in [-0.25, -0.2) is 12.7 Å². The first-order valence-electron chi connectivity index (χ1n) is 6.17. The zero-order valence-corrected chi connectivity index (χ0v) is 13.7. The van der Waals surface area contributed by atoms with Crippen LogP contribution in [0.2, 0.25) is 0 Å². The Hall–Kier alpha value is -0.410. The normalized spacial score (nSPS) is 21.5. The molecule has 1 aromatic rings. The van der Waals surface area contributed by atoms with Crippen molar-refractivity contribution in [1.29, 1.82) is 0 Å². The van der Waals surface area contributed by atoms with E-state index in [1.807, 2.05) is 6.20 Å². The summed E-state index contributed by atoms with van der Waals surface area (Å²) in [7, 11) is -3.12. The molecule has 1 unspecified atom stereocenters. The van der Waals surface area contributed by atoms with Crippen molar-refractivity contribution in [1.82, 2.24) is 8.87 Å². The molecule has 0 saturated carbocycles. The largest absolute Gasteiger partial charge is 0.314 e. The van der Waals surface area contributed by atoms with Gasteiger partial charge >= 0.3 is 0 Å². The highest BCUT2D eigenvalue weighted by molar-refractivity contribution is 14.1. The third-order valence-corrected chi connectivity index (χ3v) is 5.26. The molecule has 0 bridgehead atoms. The highest BCUT2D eigenvalue weighted by Gasteiger charge is 2.26. The van der Waals surface area contributed by atoms with E-state index in [4.69, 9.17) is 0 Å². The topological polar surface area (TPSA) is 59.4 Å². The van der Waals surface area contributed by atoms with Gasteiger partial charge in [0.15, 0.2) is 0 Å². The predicted octanol–water partition coefficient (Wildman–Crippen LogP) is 1.12. The number of rotatable bonds is 3. The van der Waals surface area contributed by atoms with Gasteiger partial charge in [-0.1, -0.05) is 0 Å². The minimum Gasteiger partial charge on any atom is -0.314 e. The van der Waals surface area contributed by atoms with Gasteiger partial charge in [0, 0.05) is 35.5 Å². The second-order valence-corrected chi connectivity index (χ2v) is 8.20. The molecule has 1 saturated heterocycles. The fourth-order valence-corrected chi connectivity index (χ4v) is 3.86. The highest BCUT2D eigenvalue weighted by Crippen LogP contribution is 2.20. The first-order valence-corrected chi connectivity index (χ1v) is 9.10. The molecule has 7 heteroatoms. The van der Waals surface area contributed by atoms with Crippen molar-refractivity contribution in [2.45, 2.75) is 19.4 Å². The van der Waals surface area contributed by atoms with Gasteiger partial charge in [-0.3, -0.25) is 4.79 Å². The van der Waals surface area contributed by atoms with Gasteiger partial charge < -0.3 is 4.57 Å². The van der Waals surface area contributed by atoms with Gasteiger partial charge in [0.25, 0.3) is 5.56 Å². The van der Waals surface area contributed by atoms with Crippen LogP contribution in [0.3, 0.4) is 0 Å². The summed E-state index contributed by atoms with van der Waals surface area (Å²) >= 11 is 2.17. The summed E-state index contributed by atoms with van der Waals surface area (Å²) < 4.78 is 27.3. The first kappa shape index (κ1) is 15.0. The number of aromatic nitrogens is 1. The van der Waals surface area contributed by atoms with Crippen LogP contribution in [0.5, 0.6) is 0 Å². The molecule has 106 valence electrons. The summed E-state index contributed by atoms with van der Waals surface area (Å²) in [5.74, 6) is 0.208. The molecular weight excluding hydrogens is 379 g/mol. The van der Waals surface area contributed by atoms with Crippen LogP contribution < -0.4 is 5.56 Å². The number of nitrogens with zero attached hydrogens (tertiary/aromatic N) is 2. The van der Waals surface area contributed by atoms with Crippen LogP contribution in [0.25, 0.3) is 0 Å². The Morgan fingerprint density at radius 1 is 1.42 bits per heavy atom. The minimum atomic E-state index is -3.12. The average Bonchev–Trinajstić information content (AvgIpc) is 2.33. The summed E-state index contributed by atoms with van der Waals surface area (Å²) in [5.41, 5.74) is -0.0307. The third kappa shape index (κ3) is 4.03. The molecule has 0 radical (unpaired) electrons. The molecule has 0 aliphatic carbocycles. The Bertz CT molecular complexity index is 612. The van der Waals surface area contributed by atoms with Crippen LogP contribution in [0.15, 0.2) is 23.1 Å². The predicted molar refractivity (Wildman–Crippen MR) is 82.6 cm³/mol. The third-order valence-electron chi connectivity index (χ3n) is 3.35. The van der Waals surface area contributed by atoms with Gasteiger partial charge in [-0.05, 0) is 47.4 Å². The van der Waals surface area contributed by atoms with Crippen LogP contribution in [-0.4, -0.2) is 36.6 Å². The lowest BCUT2D eigenvalue weighted by Gasteiger charge is -2.31. The van der Waals surface area contributed by atoms with Crippen molar-refractivity contribution < 1.29 is 8.42 Å². The Balaban J connectivity index is 2.11. The fourth-order valence-electron chi connectivity index (χ4n) is 2.40. The molecule has 1 aliphatic rings. The maximum Gasteiger partial charge on any atom is 0.250 e. The molecule has 0 N–H and O–H groups in total. The van der Waals surface area contributed by atoms with Gasteiger partial charge in [0.2, 0.25) is 10.0 Å². The Morgan fingerprint density at radius 3 is 2.84 bits per heavy atom. The van der Waals surface area contributed by atoms with Crippen LogP contribution in [0.4, 0.5) is 0 Å². The molecule has 0 amide bonds. The molecule has 19 heavy (non-hydrogen) atoms. The fraction of sp³-hybridized carbons (Fsp3) is 0.583. The lowest BCUT2D eigenvalue weighted by Crippen LogP contribution is -2.41. The lowest BCUT2D eigenvalue weighted by atomic mass is 9.99. The molecule has 1 atom stereocenters. The van der Waals surface area contributed by atoms with E-state index in [1.165, 1.54) is 10.6 Å². The zero-order valence-electron chi connectivity index (χ0n) is 10.8. The summed E-state index contributed by atoms with van der Waals surface area (Å²) in [5, 5.41) is 0. The van der Waals surface area contributed by atoms with E-state index < -0.39 is 10.0 Å². The highest BCUT2D eigenvalue weighted by atomic mass is 127. The Morgan fingerprint density at radius 2 is 2.16 bits per heavy atom. The second-order valence-electron chi connectivity index (χ2n) is 4.97. The number of piperidine rings is 1. The molecule has 1 fully saturated rings. The second kappa shape index (κ2) is 5.92. The summed E-state index contributed by atoms with van der Waals surface area (Å²) in [6.45, 7) is 1.69. The van der Waals surface area contributed by atoms with E-state index in [1.54, 1.807) is 16.7 Å². The Kier molecular flexibility index (Phi) is 4.67. The van der Waals surface area contributed by atoms with E-state index in [-0.39, 0.29) is 11.5 Å². The molecule has 2 heterocycles. The van der Waals surface area contributed by atoms with Gasteiger partial charge in [0.1, 0.15) is 0 Å². The lowest BCUT2D eigenvalue weighted by molar-refractivity contribution is 0.244. The van der Waals surface area contributed by atoms with Crippen LogP contribution in [-0.2, 0) is 16.6 Å². The smallest absolute Gasteiger partial charge is 0.250 e. The van der Waals surface area contributed by atoms with Crippen LogP contribution >= 0.6 is 22.6 Å². The van der Waals surface area contributed by atoms with E-state index in [2.05, 4.69) is 22.6 Å². The number of halogens is 1. The van der Waals surface area contributed by atoms with Crippen molar-refractivity contribution in [2.75, 3.05) is 19.3 Å². The maximum absolute atomic E-state index is 11.8. The molecule has 1 aromatic heterocycles. The van der Waals surface area contributed by atoms with E-state index in [9.17, 15) is 13.2 Å². The van der Waals surface area contributed by atoms with Gasteiger partial charge in [-0.15, -0.1) is 0 Å². The number of sulfonamides is 1. The summed E-state index contributed by atoms with van der Waals surface area (Å²) in [6, 6.07) is 3.34. The van der Waals surface area contributed by atoms with E-state index in [0.717, 1.165) is 16.4 Å². The molecule has 0 aromatic carbocycles. The SMILES string of the molecule is CS(=O)(=O)N1CCCC(Cn2cc(I)ccc2=O)C1. The molecule has 1 aliphatic heterocycles. The minimum absolute atomic E-state index is 0.0307.